The molecular weight excluding hydrogens is 213 g/mol. The predicted molar refractivity (Wildman–Crippen MR) is 69.1 cm³/mol. The Kier molecular flexibility index (Phi) is 2.26. The van der Waals surface area contributed by atoms with Crippen LogP contribution in [0.3, 0.4) is 0 Å². The van der Waals surface area contributed by atoms with Crippen molar-refractivity contribution in [1.29, 1.82) is 0 Å². The standard InChI is InChI=1S/C12H16BN3O/c1-12(17)4-10(5-12)16-11-8(6-15-16)3-9(13-2)7-14-11/h3,6-7,10,13,17H,4-5H2,1-2H3. The van der Waals surface area contributed by atoms with Gasteiger partial charge >= 0.3 is 0 Å². The SMILES string of the molecule is CBc1cnc2c(cnn2C2CC(C)(O)C2)c1. The fourth-order valence-corrected chi connectivity index (χ4v) is 2.57. The molecule has 1 fully saturated rings. The van der Waals surface area contributed by atoms with E-state index in [2.05, 4.69) is 23.0 Å². The molecule has 0 unspecified atom stereocenters. The van der Waals surface area contributed by atoms with Crippen LogP contribution in [0.4, 0.5) is 0 Å². The van der Waals surface area contributed by atoms with Crippen LogP contribution in [0.15, 0.2) is 18.5 Å². The highest BCUT2D eigenvalue weighted by Crippen LogP contribution is 2.41. The first-order valence-corrected chi connectivity index (χ1v) is 6.13. The van der Waals surface area contributed by atoms with Gasteiger partial charge < -0.3 is 5.11 Å². The summed E-state index contributed by atoms with van der Waals surface area (Å²) in [6, 6.07) is 2.44. The van der Waals surface area contributed by atoms with Gasteiger partial charge in [0.1, 0.15) is 0 Å². The Morgan fingerprint density at radius 1 is 1.47 bits per heavy atom. The molecule has 2 heterocycles. The summed E-state index contributed by atoms with van der Waals surface area (Å²) < 4.78 is 1.95. The zero-order valence-electron chi connectivity index (χ0n) is 10.2. The Bertz CT molecular complexity index is 556. The number of hydrogen-bond acceptors (Lipinski definition) is 3. The summed E-state index contributed by atoms with van der Waals surface area (Å²) in [5.41, 5.74) is 1.65. The summed E-state index contributed by atoms with van der Waals surface area (Å²) in [5.74, 6) is 0. The van der Waals surface area contributed by atoms with Crippen molar-refractivity contribution in [2.75, 3.05) is 0 Å². The molecule has 0 amide bonds. The Balaban J connectivity index is 1.96. The van der Waals surface area contributed by atoms with Gasteiger partial charge in [0.15, 0.2) is 12.9 Å². The lowest BCUT2D eigenvalue weighted by molar-refractivity contribution is -0.0531. The van der Waals surface area contributed by atoms with Crippen molar-refractivity contribution >= 4 is 23.8 Å². The fourth-order valence-electron chi connectivity index (χ4n) is 2.57. The van der Waals surface area contributed by atoms with Crippen molar-refractivity contribution < 1.29 is 5.11 Å². The van der Waals surface area contributed by atoms with E-state index in [4.69, 9.17) is 0 Å². The second-order valence-corrected chi connectivity index (χ2v) is 5.26. The molecule has 5 heteroatoms. The van der Waals surface area contributed by atoms with E-state index in [1.54, 1.807) is 0 Å². The van der Waals surface area contributed by atoms with Crippen molar-refractivity contribution in [3.05, 3.63) is 18.5 Å². The van der Waals surface area contributed by atoms with Gasteiger partial charge in [-0.3, -0.25) is 0 Å². The van der Waals surface area contributed by atoms with E-state index in [1.165, 1.54) is 5.46 Å². The van der Waals surface area contributed by atoms with Crippen LogP contribution in [-0.4, -0.2) is 32.8 Å². The topological polar surface area (TPSA) is 50.9 Å². The molecule has 0 saturated heterocycles. The lowest BCUT2D eigenvalue weighted by Crippen LogP contribution is -2.42. The van der Waals surface area contributed by atoms with Crippen molar-refractivity contribution in [3.63, 3.8) is 0 Å². The second kappa shape index (κ2) is 3.57. The molecule has 0 radical (unpaired) electrons. The van der Waals surface area contributed by atoms with Crippen LogP contribution >= 0.6 is 0 Å². The summed E-state index contributed by atoms with van der Waals surface area (Å²) in [5, 5.41) is 15.3. The minimum Gasteiger partial charge on any atom is -0.390 e. The summed E-state index contributed by atoms with van der Waals surface area (Å²) >= 11 is 0. The molecule has 1 N–H and O–H groups in total. The average molecular weight is 229 g/mol. The highest BCUT2D eigenvalue weighted by atomic mass is 16.3. The van der Waals surface area contributed by atoms with Crippen molar-refractivity contribution in [1.82, 2.24) is 14.8 Å². The molecule has 0 bridgehead atoms. The lowest BCUT2D eigenvalue weighted by Gasteiger charge is -2.40. The summed E-state index contributed by atoms with van der Waals surface area (Å²) in [4.78, 5) is 4.48. The van der Waals surface area contributed by atoms with Crippen molar-refractivity contribution in [3.8, 4) is 0 Å². The van der Waals surface area contributed by atoms with Gasteiger partial charge in [-0.1, -0.05) is 18.4 Å². The quantitative estimate of drug-likeness (QED) is 0.768. The maximum Gasteiger partial charge on any atom is 0.157 e. The Hall–Kier alpha value is -1.36. The Morgan fingerprint density at radius 2 is 2.24 bits per heavy atom. The van der Waals surface area contributed by atoms with Crippen molar-refractivity contribution in [2.24, 2.45) is 0 Å². The van der Waals surface area contributed by atoms with E-state index in [9.17, 15) is 5.11 Å². The van der Waals surface area contributed by atoms with E-state index in [1.807, 2.05) is 24.0 Å². The number of aliphatic hydroxyl groups is 1. The molecule has 4 nitrogen and oxygen atoms in total. The zero-order valence-corrected chi connectivity index (χ0v) is 10.2. The van der Waals surface area contributed by atoms with Crippen LogP contribution < -0.4 is 5.46 Å². The summed E-state index contributed by atoms with van der Waals surface area (Å²) in [7, 11) is 0.992. The number of hydrogen-bond donors (Lipinski definition) is 1. The van der Waals surface area contributed by atoms with Crippen LogP contribution in [0.5, 0.6) is 0 Å². The molecule has 0 aliphatic heterocycles. The maximum atomic E-state index is 9.78. The third kappa shape index (κ3) is 1.74. The van der Waals surface area contributed by atoms with Crippen LogP contribution in [0.2, 0.25) is 6.82 Å². The first kappa shape index (κ1) is 10.8. The van der Waals surface area contributed by atoms with E-state index in [-0.39, 0.29) is 0 Å². The summed E-state index contributed by atoms with van der Waals surface area (Å²) in [6.07, 6.45) is 5.31. The van der Waals surface area contributed by atoms with Crippen LogP contribution in [0.1, 0.15) is 25.8 Å². The van der Waals surface area contributed by atoms with Gasteiger partial charge in [0.25, 0.3) is 0 Å². The number of rotatable bonds is 2. The van der Waals surface area contributed by atoms with Gasteiger partial charge in [0.2, 0.25) is 0 Å². The molecule has 0 aromatic carbocycles. The zero-order chi connectivity index (χ0) is 12.0. The molecule has 0 spiro atoms. The molecule has 17 heavy (non-hydrogen) atoms. The van der Waals surface area contributed by atoms with Crippen LogP contribution in [0.25, 0.3) is 11.0 Å². The van der Waals surface area contributed by atoms with Gasteiger partial charge in [-0.15, -0.1) is 0 Å². The Labute approximate surface area is 101 Å². The van der Waals surface area contributed by atoms with Crippen LogP contribution in [-0.2, 0) is 0 Å². The van der Waals surface area contributed by atoms with Gasteiger partial charge in [-0.05, 0) is 19.8 Å². The molecular formula is C12H16BN3O. The largest absolute Gasteiger partial charge is 0.390 e. The first-order valence-electron chi connectivity index (χ1n) is 6.13. The molecule has 1 aliphatic rings. The number of aromatic nitrogens is 3. The lowest BCUT2D eigenvalue weighted by atomic mass is 9.74. The molecule has 88 valence electrons. The molecule has 3 rings (SSSR count). The molecule has 2 aromatic heterocycles. The van der Waals surface area contributed by atoms with E-state index in [0.717, 1.165) is 31.2 Å². The van der Waals surface area contributed by atoms with E-state index in [0.29, 0.717) is 6.04 Å². The van der Waals surface area contributed by atoms with Gasteiger partial charge in [-0.25, -0.2) is 9.67 Å². The number of nitrogens with zero attached hydrogens (tertiary/aromatic N) is 3. The number of fused-ring (bicyclic) bond motifs is 1. The van der Waals surface area contributed by atoms with Crippen molar-refractivity contribution in [2.45, 2.75) is 38.2 Å². The van der Waals surface area contributed by atoms with Gasteiger partial charge in [0.05, 0.1) is 17.8 Å². The maximum absolute atomic E-state index is 9.78. The Morgan fingerprint density at radius 3 is 2.88 bits per heavy atom. The minimum absolute atomic E-state index is 0.294. The third-order valence-electron chi connectivity index (χ3n) is 3.59. The normalized spacial score (nSPS) is 28.1. The predicted octanol–water partition coefficient (Wildman–Crippen LogP) is 0.627. The monoisotopic (exact) mass is 229 g/mol. The highest BCUT2D eigenvalue weighted by molar-refractivity contribution is 6.52. The highest BCUT2D eigenvalue weighted by Gasteiger charge is 2.40. The van der Waals surface area contributed by atoms with Gasteiger partial charge in [-0.2, -0.15) is 5.10 Å². The average Bonchev–Trinajstić information content (AvgIpc) is 2.67. The van der Waals surface area contributed by atoms with Crippen LogP contribution in [0, 0.1) is 0 Å². The molecule has 0 atom stereocenters. The molecule has 1 aliphatic carbocycles. The number of pyridine rings is 1. The second-order valence-electron chi connectivity index (χ2n) is 5.26. The first-order chi connectivity index (χ1) is 8.09. The van der Waals surface area contributed by atoms with Gasteiger partial charge in [0, 0.05) is 11.6 Å². The van der Waals surface area contributed by atoms with E-state index < -0.39 is 5.60 Å². The molecule has 1 saturated carbocycles. The fraction of sp³-hybridized carbons (Fsp3) is 0.500. The summed E-state index contributed by atoms with van der Waals surface area (Å²) in [6.45, 7) is 3.99. The van der Waals surface area contributed by atoms with E-state index >= 15 is 0 Å². The third-order valence-corrected chi connectivity index (χ3v) is 3.59. The minimum atomic E-state index is -0.522. The smallest absolute Gasteiger partial charge is 0.157 e. The molecule has 2 aromatic rings.